The molecule has 2 aliphatic heterocycles. The Kier molecular flexibility index (Phi) is 7.47. The molecule has 3 aliphatic rings. The third-order valence-electron chi connectivity index (χ3n) is 5.71. The summed E-state index contributed by atoms with van der Waals surface area (Å²) in [7, 11) is 0. The average molecular weight is 444 g/mol. The van der Waals surface area contributed by atoms with Crippen LogP contribution in [0.15, 0.2) is 18.6 Å². The van der Waals surface area contributed by atoms with Crippen molar-refractivity contribution in [2.75, 3.05) is 45.9 Å². The quantitative estimate of drug-likeness (QED) is 0.763. The van der Waals surface area contributed by atoms with Gasteiger partial charge in [-0.05, 0) is 31.6 Å². The zero-order valence-corrected chi connectivity index (χ0v) is 17.2. The van der Waals surface area contributed by atoms with Gasteiger partial charge in [0.05, 0.1) is 19.4 Å². The molecule has 1 spiro atoms. The number of aromatic nitrogens is 2. The van der Waals surface area contributed by atoms with E-state index in [-0.39, 0.29) is 11.3 Å². The van der Waals surface area contributed by atoms with Crippen LogP contribution in [-0.4, -0.2) is 88.9 Å². The summed E-state index contributed by atoms with van der Waals surface area (Å²) in [5.74, 6) is -1.87. The molecule has 0 radical (unpaired) electrons. The van der Waals surface area contributed by atoms with Crippen LogP contribution < -0.4 is 0 Å². The molecule has 1 aliphatic carbocycles. The molecule has 1 N–H and O–H groups in total. The summed E-state index contributed by atoms with van der Waals surface area (Å²) in [4.78, 5) is 34.4. The van der Waals surface area contributed by atoms with E-state index in [1.54, 1.807) is 18.6 Å². The molecule has 172 valence electrons. The highest BCUT2D eigenvalue weighted by atomic mass is 19.4. The van der Waals surface area contributed by atoms with Gasteiger partial charge < -0.3 is 19.6 Å². The number of carbonyl (C=O) groups is 2. The van der Waals surface area contributed by atoms with Gasteiger partial charge in [-0.15, -0.1) is 0 Å². The van der Waals surface area contributed by atoms with Crippen molar-refractivity contribution in [3.8, 4) is 0 Å². The SMILES string of the molecule is O=C(O)C(F)(F)F.O=C(c1cnccn1)N1CCCC2(COCCN(CC3CC3)C2)C1. The fraction of sp³-hybridized carbons (Fsp3) is 0.700. The number of rotatable bonds is 3. The number of amides is 1. The molecule has 1 amide bonds. The first-order valence-corrected chi connectivity index (χ1v) is 10.3. The Morgan fingerprint density at radius 1 is 1.23 bits per heavy atom. The van der Waals surface area contributed by atoms with E-state index >= 15 is 0 Å². The van der Waals surface area contributed by atoms with Gasteiger partial charge >= 0.3 is 12.1 Å². The van der Waals surface area contributed by atoms with E-state index in [1.807, 2.05) is 4.90 Å². The number of carbonyl (C=O) groups excluding carboxylic acids is 1. The second kappa shape index (κ2) is 9.90. The third-order valence-corrected chi connectivity index (χ3v) is 5.71. The molecule has 1 saturated carbocycles. The normalized spacial score (nSPS) is 24.8. The smallest absolute Gasteiger partial charge is 0.475 e. The van der Waals surface area contributed by atoms with Gasteiger partial charge in [-0.1, -0.05) is 0 Å². The summed E-state index contributed by atoms with van der Waals surface area (Å²) in [6.45, 7) is 6.42. The lowest BCUT2D eigenvalue weighted by atomic mass is 9.80. The second-order valence-electron chi connectivity index (χ2n) is 8.45. The molecule has 0 aromatic carbocycles. The lowest BCUT2D eigenvalue weighted by Crippen LogP contribution is -2.52. The summed E-state index contributed by atoms with van der Waals surface area (Å²) in [6, 6.07) is 0. The maximum atomic E-state index is 12.7. The minimum atomic E-state index is -5.08. The number of alkyl halides is 3. The Hall–Kier alpha value is -2.27. The predicted octanol–water partition coefficient (Wildman–Crippen LogP) is 2.07. The molecule has 11 heteroatoms. The van der Waals surface area contributed by atoms with Gasteiger partial charge in [0, 0.05) is 50.5 Å². The third kappa shape index (κ3) is 6.86. The van der Waals surface area contributed by atoms with E-state index < -0.39 is 12.1 Å². The highest BCUT2D eigenvalue weighted by Crippen LogP contribution is 2.36. The predicted molar refractivity (Wildman–Crippen MR) is 103 cm³/mol. The highest BCUT2D eigenvalue weighted by Gasteiger charge is 2.41. The van der Waals surface area contributed by atoms with E-state index in [0.717, 1.165) is 58.2 Å². The first-order chi connectivity index (χ1) is 14.7. The number of aliphatic carboxylic acids is 1. The molecule has 8 nitrogen and oxygen atoms in total. The van der Waals surface area contributed by atoms with Gasteiger partial charge in [0.2, 0.25) is 0 Å². The number of halogens is 3. The zero-order chi connectivity index (χ0) is 22.5. The average Bonchev–Trinajstić information content (AvgIpc) is 3.56. The fourth-order valence-corrected chi connectivity index (χ4v) is 4.10. The number of likely N-dealkylation sites (tertiary alicyclic amines) is 1. The molecule has 1 aromatic rings. The molecule has 0 bridgehead atoms. The van der Waals surface area contributed by atoms with Crippen LogP contribution in [0.2, 0.25) is 0 Å². The summed E-state index contributed by atoms with van der Waals surface area (Å²) in [6.07, 6.45) is 4.59. The fourth-order valence-electron chi connectivity index (χ4n) is 4.10. The van der Waals surface area contributed by atoms with Crippen molar-refractivity contribution >= 4 is 11.9 Å². The summed E-state index contributed by atoms with van der Waals surface area (Å²) in [5, 5.41) is 7.12. The zero-order valence-electron chi connectivity index (χ0n) is 17.2. The minimum absolute atomic E-state index is 0.000153. The number of ether oxygens (including phenoxy) is 1. The maximum absolute atomic E-state index is 12.7. The molecular formula is C20H27F3N4O4. The molecule has 3 fully saturated rings. The Labute approximate surface area is 178 Å². The summed E-state index contributed by atoms with van der Waals surface area (Å²) < 4.78 is 37.7. The number of nitrogens with zero attached hydrogens (tertiary/aromatic N) is 4. The van der Waals surface area contributed by atoms with Crippen molar-refractivity contribution in [1.82, 2.24) is 19.8 Å². The van der Waals surface area contributed by atoms with Gasteiger partial charge in [-0.3, -0.25) is 9.78 Å². The second-order valence-corrected chi connectivity index (χ2v) is 8.45. The number of hydrogen-bond donors (Lipinski definition) is 1. The van der Waals surface area contributed by atoms with Crippen LogP contribution in [0.25, 0.3) is 0 Å². The monoisotopic (exact) mass is 444 g/mol. The standard InChI is InChI=1S/C18H26N4O2.C2HF3O2/c23-17(16-10-19-5-6-20-16)22-7-1-4-18(13-22)12-21(8-9-24-14-18)11-15-2-3-15;3-2(4,5)1(6)7/h5-6,10,15H,1-4,7-9,11-14H2;(H,6,7). The van der Waals surface area contributed by atoms with Crippen molar-refractivity contribution in [2.45, 2.75) is 31.9 Å². The van der Waals surface area contributed by atoms with Crippen LogP contribution in [0.3, 0.4) is 0 Å². The number of hydrogen-bond acceptors (Lipinski definition) is 6. The number of carboxylic acids is 1. The first-order valence-electron chi connectivity index (χ1n) is 10.3. The van der Waals surface area contributed by atoms with Crippen LogP contribution in [0.1, 0.15) is 36.2 Å². The lowest BCUT2D eigenvalue weighted by Gasteiger charge is -2.43. The van der Waals surface area contributed by atoms with Crippen molar-refractivity contribution in [2.24, 2.45) is 11.3 Å². The van der Waals surface area contributed by atoms with E-state index in [4.69, 9.17) is 14.6 Å². The molecule has 31 heavy (non-hydrogen) atoms. The van der Waals surface area contributed by atoms with Crippen LogP contribution >= 0.6 is 0 Å². The van der Waals surface area contributed by atoms with Crippen molar-refractivity contribution in [1.29, 1.82) is 0 Å². The van der Waals surface area contributed by atoms with Gasteiger partial charge in [0.25, 0.3) is 5.91 Å². The molecule has 4 rings (SSSR count). The van der Waals surface area contributed by atoms with Gasteiger partial charge in [0.1, 0.15) is 5.69 Å². The molecule has 3 heterocycles. The highest BCUT2D eigenvalue weighted by molar-refractivity contribution is 5.92. The molecular weight excluding hydrogens is 417 g/mol. The molecule has 1 aromatic heterocycles. The number of piperidine rings is 1. The Balaban J connectivity index is 0.000000339. The van der Waals surface area contributed by atoms with Crippen molar-refractivity contribution in [3.05, 3.63) is 24.3 Å². The van der Waals surface area contributed by atoms with Crippen molar-refractivity contribution < 1.29 is 32.6 Å². The minimum Gasteiger partial charge on any atom is -0.475 e. The molecule has 2 saturated heterocycles. The van der Waals surface area contributed by atoms with Crippen LogP contribution in [0.4, 0.5) is 13.2 Å². The molecule has 1 atom stereocenters. The summed E-state index contributed by atoms with van der Waals surface area (Å²) in [5.41, 5.74) is 0.514. The Bertz CT molecular complexity index is 761. The molecule has 1 unspecified atom stereocenters. The van der Waals surface area contributed by atoms with Crippen LogP contribution in [0, 0.1) is 11.3 Å². The lowest BCUT2D eigenvalue weighted by molar-refractivity contribution is -0.192. The van der Waals surface area contributed by atoms with Gasteiger partial charge in [-0.25, -0.2) is 9.78 Å². The van der Waals surface area contributed by atoms with Gasteiger partial charge in [-0.2, -0.15) is 13.2 Å². The van der Waals surface area contributed by atoms with E-state index in [1.165, 1.54) is 19.4 Å². The van der Waals surface area contributed by atoms with Gasteiger partial charge in [0.15, 0.2) is 0 Å². The Morgan fingerprint density at radius 2 is 1.97 bits per heavy atom. The van der Waals surface area contributed by atoms with Crippen LogP contribution in [-0.2, 0) is 9.53 Å². The van der Waals surface area contributed by atoms with E-state index in [9.17, 15) is 18.0 Å². The maximum Gasteiger partial charge on any atom is 0.490 e. The largest absolute Gasteiger partial charge is 0.490 e. The van der Waals surface area contributed by atoms with Crippen LogP contribution in [0.5, 0.6) is 0 Å². The van der Waals surface area contributed by atoms with E-state index in [0.29, 0.717) is 5.69 Å². The topological polar surface area (TPSA) is 95.9 Å². The Morgan fingerprint density at radius 3 is 2.58 bits per heavy atom. The first kappa shape index (κ1) is 23.4. The summed E-state index contributed by atoms with van der Waals surface area (Å²) >= 11 is 0. The number of carboxylic acid groups (broad SMARTS) is 1. The van der Waals surface area contributed by atoms with Crippen molar-refractivity contribution in [3.63, 3.8) is 0 Å². The van der Waals surface area contributed by atoms with E-state index in [2.05, 4.69) is 14.9 Å².